The van der Waals surface area contributed by atoms with Gasteiger partial charge in [0.25, 0.3) is 0 Å². The summed E-state index contributed by atoms with van der Waals surface area (Å²) in [6, 6.07) is 19.5. The van der Waals surface area contributed by atoms with Crippen molar-refractivity contribution in [3.63, 3.8) is 0 Å². The van der Waals surface area contributed by atoms with Crippen molar-refractivity contribution >= 4 is 50.9 Å². The molecule has 0 aliphatic carbocycles. The lowest BCUT2D eigenvalue weighted by Gasteiger charge is -2.15. The van der Waals surface area contributed by atoms with Crippen LogP contribution in [0.2, 0.25) is 0 Å². The van der Waals surface area contributed by atoms with Gasteiger partial charge in [-0.1, -0.05) is 18.2 Å². The van der Waals surface area contributed by atoms with E-state index in [0.29, 0.717) is 50.4 Å². The number of para-hydroxylation sites is 2. The maximum atomic E-state index is 13.4. The van der Waals surface area contributed by atoms with Gasteiger partial charge in [0.2, 0.25) is 5.91 Å². The first-order valence-corrected chi connectivity index (χ1v) is 13.3. The second-order valence-electron chi connectivity index (χ2n) is 8.67. The van der Waals surface area contributed by atoms with E-state index < -0.39 is 11.0 Å². The highest BCUT2D eigenvalue weighted by molar-refractivity contribution is 7.86. The van der Waals surface area contributed by atoms with Crippen LogP contribution in [0.15, 0.2) is 71.6 Å². The van der Waals surface area contributed by atoms with Gasteiger partial charge in [0.15, 0.2) is 22.6 Å². The van der Waals surface area contributed by atoms with E-state index in [-0.39, 0.29) is 11.9 Å². The third-order valence-electron chi connectivity index (χ3n) is 6.07. The average molecular weight is 533 g/mol. The molecule has 1 amide bonds. The van der Waals surface area contributed by atoms with Crippen LogP contribution < -0.4 is 30.1 Å². The Hall–Kier alpha value is -4.22. The molecule has 1 aliphatic rings. The summed E-state index contributed by atoms with van der Waals surface area (Å²) in [6.45, 7) is 0.831. The van der Waals surface area contributed by atoms with Crippen LogP contribution in [0.5, 0.6) is 11.5 Å². The van der Waals surface area contributed by atoms with Gasteiger partial charge in [-0.25, -0.2) is 14.2 Å². The van der Waals surface area contributed by atoms with Crippen LogP contribution in [-0.4, -0.2) is 46.9 Å². The minimum atomic E-state index is -1.69. The Morgan fingerprint density at radius 3 is 2.29 bits per heavy atom. The van der Waals surface area contributed by atoms with Crippen LogP contribution in [-0.2, 0) is 15.8 Å². The SMILES string of the molecule is COc1cc(Nc2nc3ccccc3nc2NS(=O)c2cccc(NC(=O)C3CCCN3)c2)cc(OC)c1. The topological polar surface area (TPSA) is 127 Å². The van der Waals surface area contributed by atoms with Crippen LogP contribution in [0.4, 0.5) is 23.0 Å². The molecule has 1 aromatic heterocycles. The maximum Gasteiger partial charge on any atom is 0.241 e. The molecule has 10 nitrogen and oxygen atoms in total. The molecule has 2 unspecified atom stereocenters. The second-order valence-corrected chi connectivity index (χ2v) is 9.89. The van der Waals surface area contributed by atoms with Gasteiger partial charge in [0.1, 0.15) is 11.5 Å². The maximum absolute atomic E-state index is 13.4. The Morgan fingerprint density at radius 2 is 1.63 bits per heavy atom. The highest BCUT2D eigenvalue weighted by atomic mass is 32.2. The van der Waals surface area contributed by atoms with Crippen molar-refractivity contribution in [3.8, 4) is 11.5 Å². The van der Waals surface area contributed by atoms with Crippen LogP contribution in [0.1, 0.15) is 12.8 Å². The Morgan fingerprint density at radius 1 is 0.921 bits per heavy atom. The number of methoxy groups -OCH3 is 2. The van der Waals surface area contributed by atoms with E-state index in [2.05, 4.69) is 25.7 Å². The molecular weight excluding hydrogens is 504 g/mol. The number of amides is 1. The number of carbonyl (C=O) groups is 1. The molecule has 0 spiro atoms. The van der Waals surface area contributed by atoms with Gasteiger partial charge < -0.3 is 25.4 Å². The van der Waals surface area contributed by atoms with E-state index in [0.717, 1.165) is 19.4 Å². The van der Waals surface area contributed by atoms with E-state index >= 15 is 0 Å². The predicted octanol–water partition coefficient (Wildman–Crippen LogP) is 4.22. The molecule has 1 aliphatic heterocycles. The molecule has 2 atom stereocenters. The number of ether oxygens (including phenoxy) is 2. The zero-order valence-electron chi connectivity index (χ0n) is 21.0. The monoisotopic (exact) mass is 532 g/mol. The van der Waals surface area contributed by atoms with Gasteiger partial charge in [-0.3, -0.25) is 9.52 Å². The number of aromatic nitrogens is 2. The standard InChI is InChI=1S/C27H28N6O4S/c1-36-19-13-18(14-20(16-19)37-2)29-25-26(32-23-10-4-3-9-22(23)31-25)33-38(35)21-8-5-7-17(15-21)30-27(34)24-11-6-12-28-24/h3-5,7-10,13-16,24,28H,6,11-12H2,1-2H3,(H,29,31)(H,30,34)(H,32,33). The van der Waals surface area contributed by atoms with Crippen molar-refractivity contribution in [1.82, 2.24) is 15.3 Å². The molecule has 4 N–H and O–H groups in total. The average Bonchev–Trinajstić information content (AvgIpc) is 3.49. The lowest BCUT2D eigenvalue weighted by molar-refractivity contribution is -0.117. The van der Waals surface area contributed by atoms with Crippen molar-refractivity contribution in [2.75, 3.05) is 36.1 Å². The smallest absolute Gasteiger partial charge is 0.241 e. The summed E-state index contributed by atoms with van der Waals surface area (Å²) in [7, 11) is 1.46. The lowest BCUT2D eigenvalue weighted by atomic mass is 10.2. The first-order valence-electron chi connectivity index (χ1n) is 12.1. The van der Waals surface area contributed by atoms with Gasteiger partial charge in [0, 0.05) is 29.6 Å². The number of benzene rings is 3. The third-order valence-corrected chi connectivity index (χ3v) is 7.13. The molecule has 4 aromatic rings. The highest BCUT2D eigenvalue weighted by Crippen LogP contribution is 2.31. The summed E-state index contributed by atoms with van der Waals surface area (Å²) >= 11 is 0. The van der Waals surface area contributed by atoms with Gasteiger partial charge in [0.05, 0.1) is 36.2 Å². The molecule has 5 rings (SSSR count). The number of carbonyl (C=O) groups excluding carboxylic acids is 1. The molecule has 0 bridgehead atoms. The largest absolute Gasteiger partial charge is 0.497 e. The third kappa shape index (κ3) is 5.84. The minimum Gasteiger partial charge on any atom is -0.497 e. The van der Waals surface area contributed by atoms with E-state index in [1.54, 1.807) is 56.7 Å². The van der Waals surface area contributed by atoms with Crippen LogP contribution in [0.25, 0.3) is 11.0 Å². The van der Waals surface area contributed by atoms with Crippen molar-refractivity contribution in [1.29, 1.82) is 0 Å². The summed E-state index contributed by atoms with van der Waals surface area (Å²) in [5.41, 5.74) is 2.55. The summed E-state index contributed by atoms with van der Waals surface area (Å²) < 4.78 is 27.1. The fourth-order valence-electron chi connectivity index (χ4n) is 4.15. The molecule has 2 heterocycles. The Kier molecular flexibility index (Phi) is 7.66. The van der Waals surface area contributed by atoms with Gasteiger partial charge >= 0.3 is 0 Å². The quantitative estimate of drug-likeness (QED) is 0.253. The first-order chi connectivity index (χ1) is 18.5. The Bertz CT molecular complexity index is 1470. The molecule has 1 saturated heterocycles. The van der Waals surface area contributed by atoms with E-state index in [9.17, 15) is 9.00 Å². The van der Waals surface area contributed by atoms with E-state index in [1.165, 1.54) is 0 Å². The minimum absolute atomic E-state index is 0.0982. The van der Waals surface area contributed by atoms with Crippen molar-refractivity contribution in [3.05, 3.63) is 66.7 Å². The van der Waals surface area contributed by atoms with E-state index in [4.69, 9.17) is 14.5 Å². The molecule has 11 heteroatoms. The van der Waals surface area contributed by atoms with Gasteiger partial charge in [-0.2, -0.15) is 0 Å². The lowest BCUT2D eigenvalue weighted by Crippen LogP contribution is -2.35. The van der Waals surface area contributed by atoms with E-state index in [1.807, 2.05) is 24.3 Å². The number of nitrogens with zero attached hydrogens (tertiary/aromatic N) is 2. The zero-order valence-corrected chi connectivity index (χ0v) is 21.8. The fraction of sp³-hybridized carbons (Fsp3) is 0.222. The highest BCUT2D eigenvalue weighted by Gasteiger charge is 2.22. The second kappa shape index (κ2) is 11.4. The summed E-state index contributed by atoms with van der Waals surface area (Å²) in [5, 5.41) is 9.33. The number of fused-ring (bicyclic) bond motifs is 1. The number of hydrogen-bond donors (Lipinski definition) is 4. The molecule has 0 radical (unpaired) electrons. The Balaban J connectivity index is 1.42. The van der Waals surface area contributed by atoms with Gasteiger partial charge in [-0.15, -0.1) is 0 Å². The van der Waals surface area contributed by atoms with Crippen LogP contribution in [0, 0.1) is 0 Å². The molecule has 3 aromatic carbocycles. The first kappa shape index (κ1) is 25.4. The molecule has 196 valence electrons. The Labute approximate surface area is 222 Å². The molecule has 0 saturated carbocycles. The number of nitrogens with one attached hydrogen (secondary N) is 4. The van der Waals surface area contributed by atoms with Crippen molar-refractivity contribution < 1.29 is 18.5 Å². The van der Waals surface area contributed by atoms with Gasteiger partial charge in [-0.05, 0) is 49.7 Å². The zero-order chi connectivity index (χ0) is 26.5. The normalized spacial score (nSPS) is 15.6. The molecule has 38 heavy (non-hydrogen) atoms. The summed E-state index contributed by atoms with van der Waals surface area (Å²) in [5.74, 6) is 1.78. The molecule has 1 fully saturated rings. The van der Waals surface area contributed by atoms with Crippen LogP contribution >= 0.6 is 0 Å². The summed E-state index contributed by atoms with van der Waals surface area (Å²) in [6.07, 6.45) is 1.77. The predicted molar refractivity (Wildman–Crippen MR) is 148 cm³/mol. The summed E-state index contributed by atoms with van der Waals surface area (Å²) in [4.78, 5) is 22.4. The van der Waals surface area contributed by atoms with Crippen molar-refractivity contribution in [2.45, 2.75) is 23.8 Å². The number of hydrogen-bond acceptors (Lipinski definition) is 8. The fourth-order valence-corrected chi connectivity index (χ4v) is 5.02. The number of anilines is 4. The number of rotatable bonds is 9. The molecular formula is C27H28N6O4S. The van der Waals surface area contributed by atoms with Crippen molar-refractivity contribution in [2.24, 2.45) is 0 Å². The van der Waals surface area contributed by atoms with Crippen LogP contribution in [0.3, 0.4) is 0 Å².